The predicted molar refractivity (Wildman–Crippen MR) is 81.8 cm³/mol. The van der Waals surface area contributed by atoms with E-state index in [0.717, 1.165) is 24.9 Å². The van der Waals surface area contributed by atoms with Crippen LogP contribution in [0.15, 0.2) is 12.2 Å². The maximum Gasteiger partial charge on any atom is 0.333 e. The number of carbonyl (C=O) groups is 1. The van der Waals surface area contributed by atoms with Crippen molar-refractivity contribution in [2.24, 2.45) is 23.7 Å². The molecule has 0 saturated heterocycles. The van der Waals surface area contributed by atoms with Crippen molar-refractivity contribution in [3.05, 3.63) is 12.2 Å². The molecule has 0 atom stereocenters. The summed E-state index contributed by atoms with van der Waals surface area (Å²) in [5.41, 5.74) is 0.234. The van der Waals surface area contributed by atoms with E-state index in [0.29, 0.717) is 24.0 Å². The van der Waals surface area contributed by atoms with Crippen molar-refractivity contribution in [1.29, 1.82) is 0 Å². The summed E-state index contributed by atoms with van der Waals surface area (Å²) in [6, 6.07) is 0. The van der Waals surface area contributed by atoms with Crippen LogP contribution < -0.4 is 0 Å². The van der Waals surface area contributed by atoms with Crippen LogP contribution in [0, 0.1) is 23.7 Å². The van der Waals surface area contributed by atoms with Crippen molar-refractivity contribution in [3.8, 4) is 0 Å². The van der Waals surface area contributed by atoms with Gasteiger partial charge in [-0.2, -0.15) is 0 Å². The number of ether oxygens (including phenoxy) is 2. The smallest absolute Gasteiger partial charge is 0.333 e. The lowest BCUT2D eigenvalue weighted by Crippen LogP contribution is -2.60. The molecule has 4 aliphatic carbocycles. The highest BCUT2D eigenvalue weighted by Gasteiger charge is 2.59. The molecule has 4 fully saturated rings. The molecule has 0 heterocycles. The number of esters is 1. The van der Waals surface area contributed by atoms with Gasteiger partial charge in [0.25, 0.3) is 0 Å². The van der Waals surface area contributed by atoms with Gasteiger partial charge >= 0.3 is 5.97 Å². The number of hydrogen-bond acceptors (Lipinski definition) is 3. The van der Waals surface area contributed by atoms with Crippen molar-refractivity contribution in [2.45, 2.75) is 58.0 Å². The second-order valence-electron chi connectivity index (χ2n) is 7.38. The van der Waals surface area contributed by atoms with Crippen LogP contribution in [-0.4, -0.2) is 24.8 Å². The maximum atomic E-state index is 12.2. The Kier molecular flexibility index (Phi) is 4.13. The van der Waals surface area contributed by atoms with Crippen LogP contribution in [0.25, 0.3) is 0 Å². The molecule has 4 saturated carbocycles. The zero-order chi connectivity index (χ0) is 15.0. The van der Waals surface area contributed by atoms with E-state index < -0.39 is 0 Å². The Hall–Kier alpha value is -0.830. The van der Waals surface area contributed by atoms with E-state index in [1.807, 2.05) is 6.92 Å². The van der Waals surface area contributed by atoms with Crippen molar-refractivity contribution in [3.63, 3.8) is 0 Å². The fourth-order valence-corrected chi connectivity index (χ4v) is 5.24. The zero-order valence-electron chi connectivity index (χ0n) is 13.4. The summed E-state index contributed by atoms with van der Waals surface area (Å²) in [6.45, 7) is 8.95. The monoisotopic (exact) mass is 292 g/mol. The van der Waals surface area contributed by atoms with Gasteiger partial charge in [0.2, 0.25) is 0 Å². The lowest BCUT2D eigenvalue weighted by Gasteiger charge is -2.60. The highest BCUT2D eigenvalue weighted by molar-refractivity contribution is 5.87. The molecule has 0 unspecified atom stereocenters. The first-order chi connectivity index (χ1) is 10.0. The standard InChI is InChI=1S/C18H28O3/c1-4-20-6-5-18(21-17(19)12(2)3)15-8-13-7-14(10-15)11-16(18)9-13/h13-16H,2,4-11H2,1,3H3. The SMILES string of the molecule is C=C(C)C(=O)OC1(CCOCC)C2CC3CC(C2)CC1C3. The summed E-state index contributed by atoms with van der Waals surface area (Å²) in [7, 11) is 0. The highest BCUT2D eigenvalue weighted by Crippen LogP contribution is 2.60. The van der Waals surface area contributed by atoms with Gasteiger partial charge in [-0.3, -0.25) is 0 Å². The molecule has 0 aromatic heterocycles. The summed E-state index contributed by atoms with van der Waals surface area (Å²) >= 11 is 0. The van der Waals surface area contributed by atoms with Crippen LogP contribution in [0.1, 0.15) is 52.4 Å². The minimum atomic E-state index is -0.279. The second kappa shape index (κ2) is 5.75. The average Bonchev–Trinajstić information content (AvgIpc) is 2.43. The second-order valence-corrected chi connectivity index (χ2v) is 7.38. The van der Waals surface area contributed by atoms with Gasteiger partial charge < -0.3 is 9.47 Å². The molecule has 0 aromatic rings. The van der Waals surface area contributed by atoms with Gasteiger partial charge in [0.05, 0.1) is 6.61 Å². The van der Waals surface area contributed by atoms with Gasteiger partial charge in [0, 0.05) is 18.6 Å². The fraction of sp³-hybridized carbons (Fsp3) is 0.833. The normalized spacial score (nSPS) is 40.3. The van der Waals surface area contributed by atoms with Gasteiger partial charge in [-0.25, -0.2) is 4.79 Å². The number of rotatable bonds is 6. The molecule has 0 N–H and O–H groups in total. The first kappa shape index (κ1) is 15.1. The van der Waals surface area contributed by atoms with Crippen LogP contribution in [0.5, 0.6) is 0 Å². The van der Waals surface area contributed by atoms with Gasteiger partial charge in [-0.1, -0.05) is 6.58 Å². The molecule has 0 spiro atoms. The van der Waals surface area contributed by atoms with Crippen molar-refractivity contribution < 1.29 is 14.3 Å². The lowest BCUT2D eigenvalue weighted by molar-refractivity contribution is -0.211. The first-order valence-corrected chi connectivity index (χ1v) is 8.51. The largest absolute Gasteiger partial charge is 0.455 e. The molecule has 4 aliphatic rings. The summed E-state index contributed by atoms with van der Waals surface area (Å²) in [6.07, 6.45) is 7.22. The summed E-state index contributed by atoms with van der Waals surface area (Å²) < 4.78 is 11.7. The van der Waals surface area contributed by atoms with Gasteiger partial charge in [0.1, 0.15) is 5.60 Å². The van der Waals surface area contributed by atoms with E-state index in [1.165, 1.54) is 32.1 Å². The Morgan fingerprint density at radius 1 is 1.14 bits per heavy atom. The Morgan fingerprint density at radius 2 is 1.71 bits per heavy atom. The van der Waals surface area contributed by atoms with Crippen LogP contribution in [0.2, 0.25) is 0 Å². The minimum Gasteiger partial charge on any atom is -0.455 e. The zero-order valence-corrected chi connectivity index (χ0v) is 13.4. The van der Waals surface area contributed by atoms with Crippen LogP contribution in [0.4, 0.5) is 0 Å². The Balaban J connectivity index is 1.81. The molecule has 4 rings (SSSR count). The van der Waals surface area contributed by atoms with E-state index in [4.69, 9.17) is 9.47 Å². The Morgan fingerprint density at radius 3 is 2.19 bits per heavy atom. The van der Waals surface area contributed by atoms with Crippen LogP contribution in [-0.2, 0) is 14.3 Å². The van der Waals surface area contributed by atoms with Crippen LogP contribution >= 0.6 is 0 Å². The third-order valence-corrected chi connectivity index (χ3v) is 5.99. The molecule has 4 bridgehead atoms. The maximum absolute atomic E-state index is 12.2. The Labute approximate surface area is 128 Å². The summed E-state index contributed by atoms with van der Waals surface area (Å²) in [4.78, 5) is 12.2. The molecule has 3 nitrogen and oxygen atoms in total. The van der Waals surface area contributed by atoms with Crippen molar-refractivity contribution >= 4 is 5.97 Å². The molecule has 3 heteroatoms. The molecule has 118 valence electrons. The van der Waals surface area contributed by atoms with Gasteiger partial charge in [-0.15, -0.1) is 0 Å². The van der Waals surface area contributed by atoms with Gasteiger partial charge in [0.15, 0.2) is 0 Å². The molecule has 0 aliphatic heterocycles. The van der Waals surface area contributed by atoms with E-state index in [9.17, 15) is 4.79 Å². The molecular weight excluding hydrogens is 264 g/mol. The van der Waals surface area contributed by atoms with E-state index in [2.05, 4.69) is 6.58 Å². The third kappa shape index (κ3) is 2.65. The number of carbonyl (C=O) groups excluding carboxylic acids is 1. The lowest BCUT2D eigenvalue weighted by atomic mass is 9.49. The van der Waals surface area contributed by atoms with Crippen LogP contribution in [0.3, 0.4) is 0 Å². The van der Waals surface area contributed by atoms with Gasteiger partial charge in [-0.05, 0) is 69.6 Å². The number of hydrogen-bond donors (Lipinski definition) is 0. The topological polar surface area (TPSA) is 35.5 Å². The molecular formula is C18H28O3. The highest BCUT2D eigenvalue weighted by atomic mass is 16.6. The summed E-state index contributed by atoms with van der Waals surface area (Å²) in [5, 5.41) is 0. The minimum absolute atomic E-state index is 0.209. The fourth-order valence-electron chi connectivity index (χ4n) is 5.24. The molecule has 0 radical (unpaired) electrons. The average molecular weight is 292 g/mol. The third-order valence-electron chi connectivity index (χ3n) is 5.99. The molecule has 21 heavy (non-hydrogen) atoms. The quantitative estimate of drug-likeness (QED) is 0.425. The Bertz CT molecular complexity index is 398. The van der Waals surface area contributed by atoms with Crippen molar-refractivity contribution in [2.75, 3.05) is 13.2 Å². The van der Waals surface area contributed by atoms with E-state index in [-0.39, 0.29) is 11.6 Å². The van der Waals surface area contributed by atoms with E-state index >= 15 is 0 Å². The first-order valence-electron chi connectivity index (χ1n) is 8.51. The molecule has 0 amide bonds. The van der Waals surface area contributed by atoms with E-state index in [1.54, 1.807) is 6.92 Å². The van der Waals surface area contributed by atoms with Crippen molar-refractivity contribution in [1.82, 2.24) is 0 Å². The molecule has 0 aromatic carbocycles. The summed E-state index contributed by atoms with van der Waals surface area (Å²) in [5.74, 6) is 2.61. The predicted octanol–water partition coefficient (Wildman–Crippen LogP) is 3.73.